The van der Waals surface area contributed by atoms with Gasteiger partial charge in [-0.05, 0) is 49.3 Å². The highest BCUT2D eigenvalue weighted by atomic mass is 32.1. The van der Waals surface area contributed by atoms with Crippen molar-refractivity contribution < 1.29 is 0 Å². The summed E-state index contributed by atoms with van der Waals surface area (Å²) in [6, 6.07) is 11.0. The first kappa shape index (κ1) is 13.0. The van der Waals surface area contributed by atoms with Crippen molar-refractivity contribution in [2.24, 2.45) is 5.92 Å². The average Bonchev–Trinajstić information content (AvgIpc) is 3.03. The summed E-state index contributed by atoms with van der Waals surface area (Å²) in [7, 11) is 0. The van der Waals surface area contributed by atoms with E-state index in [1.165, 1.54) is 17.7 Å². The summed E-state index contributed by atoms with van der Waals surface area (Å²) in [5.41, 5.74) is 0.903. The summed E-state index contributed by atoms with van der Waals surface area (Å²) in [4.78, 5) is 1.43. The van der Waals surface area contributed by atoms with Crippen molar-refractivity contribution in [1.82, 2.24) is 19.9 Å². The molecule has 1 saturated carbocycles. The second kappa shape index (κ2) is 5.24. The molecule has 4 rings (SSSR count). The van der Waals surface area contributed by atoms with Crippen LogP contribution in [-0.4, -0.2) is 14.6 Å². The molecular formula is C16H18N4S. The SMILES string of the molecule is CC(NC(c1cccs1)C1CC1)c1nnc2ccccn12. The zero-order valence-corrected chi connectivity index (χ0v) is 12.8. The van der Waals surface area contributed by atoms with Crippen LogP contribution in [0, 0.1) is 5.92 Å². The van der Waals surface area contributed by atoms with Crippen LogP contribution in [0.1, 0.15) is 42.6 Å². The number of fused-ring (bicyclic) bond motifs is 1. The Labute approximate surface area is 127 Å². The largest absolute Gasteiger partial charge is 0.300 e. The van der Waals surface area contributed by atoms with Crippen LogP contribution in [0.3, 0.4) is 0 Å². The lowest BCUT2D eigenvalue weighted by atomic mass is 10.1. The van der Waals surface area contributed by atoms with Gasteiger partial charge in [0.05, 0.1) is 6.04 Å². The minimum atomic E-state index is 0.176. The first-order valence-corrected chi connectivity index (χ1v) is 8.30. The van der Waals surface area contributed by atoms with E-state index in [0.717, 1.165) is 17.4 Å². The fourth-order valence-electron chi connectivity index (χ4n) is 2.85. The van der Waals surface area contributed by atoms with Gasteiger partial charge in [-0.3, -0.25) is 9.72 Å². The van der Waals surface area contributed by atoms with E-state index in [1.54, 1.807) is 0 Å². The molecule has 1 aliphatic rings. The van der Waals surface area contributed by atoms with Crippen molar-refractivity contribution in [3.8, 4) is 0 Å². The van der Waals surface area contributed by atoms with Gasteiger partial charge in [-0.25, -0.2) is 0 Å². The maximum Gasteiger partial charge on any atom is 0.160 e. The molecule has 3 aromatic rings. The highest BCUT2D eigenvalue weighted by Gasteiger charge is 2.34. The van der Waals surface area contributed by atoms with Crippen molar-refractivity contribution in [3.63, 3.8) is 0 Å². The molecule has 0 amide bonds. The summed E-state index contributed by atoms with van der Waals surface area (Å²) in [6.45, 7) is 2.17. The van der Waals surface area contributed by atoms with Crippen LogP contribution >= 0.6 is 11.3 Å². The molecular weight excluding hydrogens is 280 g/mol. The lowest BCUT2D eigenvalue weighted by Gasteiger charge is -2.21. The molecule has 0 spiro atoms. The average molecular weight is 298 g/mol. The number of thiophene rings is 1. The van der Waals surface area contributed by atoms with Crippen LogP contribution in [0.2, 0.25) is 0 Å². The molecule has 108 valence electrons. The first-order valence-electron chi connectivity index (χ1n) is 7.42. The number of hydrogen-bond acceptors (Lipinski definition) is 4. The van der Waals surface area contributed by atoms with Crippen LogP contribution in [0.25, 0.3) is 5.65 Å². The van der Waals surface area contributed by atoms with Crippen molar-refractivity contribution in [3.05, 3.63) is 52.6 Å². The summed E-state index contributed by atoms with van der Waals surface area (Å²) >= 11 is 1.84. The number of nitrogens with zero attached hydrogens (tertiary/aromatic N) is 3. The second-order valence-corrected chi connectivity index (χ2v) is 6.69. The van der Waals surface area contributed by atoms with Crippen molar-refractivity contribution in [1.29, 1.82) is 0 Å². The first-order chi connectivity index (χ1) is 10.3. The van der Waals surface area contributed by atoms with Gasteiger partial charge in [-0.1, -0.05) is 12.1 Å². The van der Waals surface area contributed by atoms with Crippen LogP contribution in [-0.2, 0) is 0 Å². The molecule has 0 saturated heterocycles. The minimum Gasteiger partial charge on any atom is -0.300 e. The molecule has 3 heterocycles. The van der Waals surface area contributed by atoms with Gasteiger partial charge in [0.15, 0.2) is 11.5 Å². The van der Waals surface area contributed by atoms with Gasteiger partial charge < -0.3 is 0 Å². The Morgan fingerprint density at radius 1 is 1.24 bits per heavy atom. The van der Waals surface area contributed by atoms with E-state index < -0.39 is 0 Å². The topological polar surface area (TPSA) is 42.2 Å². The van der Waals surface area contributed by atoms with Gasteiger partial charge in [-0.15, -0.1) is 21.5 Å². The zero-order chi connectivity index (χ0) is 14.2. The Balaban J connectivity index is 1.61. The van der Waals surface area contributed by atoms with Crippen LogP contribution < -0.4 is 5.32 Å². The molecule has 0 radical (unpaired) electrons. The molecule has 5 heteroatoms. The Kier molecular flexibility index (Phi) is 3.24. The molecule has 1 aliphatic carbocycles. The maximum atomic E-state index is 4.36. The lowest BCUT2D eigenvalue weighted by molar-refractivity contribution is 0.419. The smallest absolute Gasteiger partial charge is 0.160 e. The van der Waals surface area contributed by atoms with Crippen LogP contribution in [0.5, 0.6) is 0 Å². The normalized spacial score (nSPS) is 18.0. The summed E-state index contributed by atoms with van der Waals surface area (Å²) in [6.07, 6.45) is 4.67. The van der Waals surface area contributed by atoms with E-state index in [1.807, 2.05) is 35.7 Å². The Morgan fingerprint density at radius 2 is 2.14 bits per heavy atom. The van der Waals surface area contributed by atoms with E-state index in [0.29, 0.717) is 6.04 Å². The van der Waals surface area contributed by atoms with Crippen LogP contribution in [0.4, 0.5) is 0 Å². The standard InChI is InChI=1S/C16H18N4S/c1-11(16-19-18-14-6-2-3-9-20(14)16)17-15(12-7-8-12)13-5-4-10-21-13/h2-6,9-12,15,17H,7-8H2,1H3. The highest BCUT2D eigenvalue weighted by Crippen LogP contribution is 2.43. The van der Waals surface area contributed by atoms with E-state index in [4.69, 9.17) is 0 Å². The Bertz CT molecular complexity index is 730. The monoisotopic (exact) mass is 298 g/mol. The number of hydrogen-bond donors (Lipinski definition) is 1. The summed E-state index contributed by atoms with van der Waals surface area (Å²) in [5, 5.41) is 14.5. The molecule has 0 aliphatic heterocycles. The molecule has 2 atom stereocenters. The van der Waals surface area contributed by atoms with Gasteiger partial charge in [-0.2, -0.15) is 0 Å². The third-order valence-electron chi connectivity index (χ3n) is 4.10. The molecule has 4 nitrogen and oxygen atoms in total. The predicted molar refractivity (Wildman–Crippen MR) is 84.3 cm³/mol. The highest BCUT2D eigenvalue weighted by molar-refractivity contribution is 7.10. The fraction of sp³-hybridized carbons (Fsp3) is 0.375. The summed E-state index contributed by atoms with van der Waals surface area (Å²) < 4.78 is 2.07. The van der Waals surface area contributed by atoms with Gasteiger partial charge in [0, 0.05) is 17.1 Å². The molecule has 0 aromatic carbocycles. The number of pyridine rings is 1. The molecule has 1 fully saturated rings. The Hall–Kier alpha value is -1.72. The quantitative estimate of drug-likeness (QED) is 0.782. The van der Waals surface area contributed by atoms with Crippen LogP contribution in [0.15, 0.2) is 41.9 Å². The van der Waals surface area contributed by atoms with E-state index >= 15 is 0 Å². The number of aromatic nitrogens is 3. The number of nitrogens with one attached hydrogen (secondary N) is 1. The van der Waals surface area contributed by atoms with E-state index in [-0.39, 0.29) is 6.04 Å². The summed E-state index contributed by atoms with van der Waals surface area (Å²) in [5.74, 6) is 1.75. The van der Waals surface area contributed by atoms with Gasteiger partial charge in [0.2, 0.25) is 0 Å². The lowest BCUT2D eigenvalue weighted by Crippen LogP contribution is -2.27. The fourth-order valence-corrected chi connectivity index (χ4v) is 3.73. The zero-order valence-electron chi connectivity index (χ0n) is 11.9. The Morgan fingerprint density at radius 3 is 2.90 bits per heavy atom. The van der Waals surface area contributed by atoms with E-state index in [2.05, 4.69) is 44.4 Å². The predicted octanol–water partition coefficient (Wildman–Crippen LogP) is 3.59. The van der Waals surface area contributed by atoms with Crippen molar-refractivity contribution in [2.75, 3.05) is 0 Å². The molecule has 0 bridgehead atoms. The van der Waals surface area contributed by atoms with Crippen molar-refractivity contribution >= 4 is 17.0 Å². The molecule has 1 N–H and O–H groups in total. The molecule has 3 aromatic heterocycles. The maximum absolute atomic E-state index is 4.36. The second-order valence-electron chi connectivity index (χ2n) is 5.71. The third-order valence-corrected chi connectivity index (χ3v) is 5.06. The number of rotatable bonds is 5. The van der Waals surface area contributed by atoms with Crippen molar-refractivity contribution in [2.45, 2.75) is 31.8 Å². The van der Waals surface area contributed by atoms with Gasteiger partial charge in [0.25, 0.3) is 0 Å². The van der Waals surface area contributed by atoms with Gasteiger partial charge >= 0.3 is 0 Å². The van der Waals surface area contributed by atoms with E-state index in [9.17, 15) is 0 Å². The van der Waals surface area contributed by atoms with Gasteiger partial charge in [0.1, 0.15) is 0 Å². The third kappa shape index (κ3) is 2.47. The minimum absolute atomic E-state index is 0.176. The molecule has 21 heavy (non-hydrogen) atoms. The molecule has 2 unspecified atom stereocenters.